The van der Waals surface area contributed by atoms with Gasteiger partial charge in [0.05, 0.1) is 11.5 Å². The molecule has 0 aromatic heterocycles. The average molecular weight is 296 g/mol. The van der Waals surface area contributed by atoms with Crippen molar-refractivity contribution in [2.75, 3.05) is 6.61 Å². The van der Waals surface area contributed by atoms with Crippen molar-refractivity contribution in [2.45, 2.75) is 18.2 Å². The number of benzene rings is 2. The van der Waals surface area contributed by atoms with Crippen molar-refractivity contribution in [3.8, 4) is 5.75 Å². The minimum absolute atomic E-state index is 0.140. The van der Waals surface area contributed by atoms with Crippen LogP contribution in [0.2, 0.25) is 0 Å². The van der Waals surface area contributed by atoms with Gasteiger partial charge in [0.1, 0.15) is 5.75 Å². The molecule has 0 amide bonds. The summed E-state index contributed by atoms with van der Waals surface area (Å²) in [7, 11) is 0. The second kappa shape index (κ2) is 6.19. The Balaban J connectivity index is 1.71. The fourth-order valence-electron chi connectivity index (χ4n) is 2.27. The van der Waals surface area contributed by atoms with E-state index in [0.717, 1.165) is 27.5 Å². The van der Waals surface area contributed by atoms with Crippen molar-refractivity contribution in [3.63, 3.8) is 0 Å². The molecule has 0 bridgehead atoms. The van der Waals surface area contributed by atoms with E-state index in [2.05, 4.69) is 0 Å². The number of allylic oxidation sites excluding steroid dienone is 2. The molecule has 3 rings (SSSR count). The van der Waals surface area contributed by atoms with Crippen LogP contribution in [0.5, 0.6) is 5.75 Å². The smallest absolute Gasteiger partial charge is 0.200 e. The fourth-order valence-corrected chi connectivity index (χ4v) is 3.30. The number of ketones is 1. The molecule has 2 nitrogen and oxygen atoms in total. The van der Waals surface area contributed by atoms with Crippen molar-refractivity contribution in [3.05, 3.63) is 70.6 Å². The van der Waals surface area contributed by atoms with Gasteiger partial charge in [0.2, 0.25) is 5.78 Å². The molecule has 0 aliphatic carbocycles. The van der Waals surface area contributed by atoms with E-state index >= 15 is 0 Å². The van der Waals surface area contributed by atoms with Crippen LogP contribution >= 0.6 is 11.8 Å². The van der Waals surface area contributed by atoms with E-state index in [9.17, 15) is 4.79 Å². The maximum absolute atomic E-state index is 12.2. The molecule has 0 spiro atoms. The van der Waals surface area contributed by atoms with Crippen LogP contribution in [0.15, 0.2) is 64.4 Å². The first-order valence-electron chi connectivity index (χ1n) is 7.01. The Hall–Kier alpha value is -2.00. The molecule has 106 valence electrons. The molecule has 3 heteroatoms. The van der Waals surface area contributed by atoms with Gasteiger partial charge >= 0.3 is 0 Å². The van der Waals surface area contributed by atoms with Gasteiger partial charge in [-0.15, -0.1) is 0 Å². The maximum Gasteiger partial charge on any atom is 0.200 e. The Morgan fingerprint density at radius 2 is 1.86 bits per heavy atom. The molecule has 0 unspecified atom stereocenters. The standard InChI is InChI=1S/C18H16O2S/c1-2-20-14-10-7-13(8-11-14)9-12-17-18(19)15-5-3-4-6-16(15)21-17/h3-8,10-12H,2,9H2,1H3/b17-12+. The van der Waals surface area contributed by atoms with Crippen LogP contribution in [-0.4, -0.2) is 12.4 Å². The van der Waals surface area contributed by atoms with Gasteiger partial charge < -0.3 is 4.74 Å². The van der Waals surface area contributed by atoms with Crippen molar-refractivity contribution < 1.29 is 9.53 Å². The molecule has 0 atom stereocenters. The lowest BCUT2D eigenvalue weighted by Crippen LogP contribution is -1.95. The summed E-state index contributed by atoms with van der Waals surface area (Å²) in [6.07, 6.45) is 2.77. The summed E-state index contributed by atoms with van der Waals surface area (Å²) in [5.41, 5.74) is 2.00. The van der Waals surface area contributed by atoms with E-state index < -0.39 is 0 Å². The molecule has 1 aliphatic rings. The van der Waals surface area contributed by atoms with E-state index in [4.69, 9.17) is 4.74 Å². The minimum Gasteiger partial charge on any atom is -0.494 e. The van der Waals surface area contributed by atoms with Gasteiger partial charge in [0, 0.05) is 10.5 Å². The summed E-state index contributed by atoms with van der Waals surface area (Å²) in [4.78, 5) is 14.1. The molecule has 0 saturated carbocycles. The third kappa shape index (κ3) is 3.03. The minimum atomic E-state index is 0.140. The monoisotopic (exact) mass is 296 g/mol. The maximum atomic E-state index is 12.2. The van der Waals surface area contributed by atoms with Gasteiger partial charge in [-0.2, -0.15) is 0 Å². The van der Waals surface area contributed by atoms with Crippen LogP contribution in [0.4, 0.5) is 0 Å². The Labute approximate surface area is 128 Å². The molecule has 2 aromatic carbocycles. The van der Waals surface area contributed by atoms with E-state index in [0.29, 0.717) is 6.61 Å². The third-order valence-corrected chi connectivity index (χ3v) is 4.48. The number of thioether (sulfide) groups is 1. The number of carbonyl (C=O) groups excluding carboxylic acids is 1. The zero-order chi connectivity index (χ0) is 14.7. The summed E-state index contributed by atoms with van der Waals surface area (Å²) >= 11 is 1.56. The number of fused-ring (bicyclic) bond motifs is 1. The number of carbonyl (C=O) groups is 1. The van der Waals surface area contributed by atoms with Crippen LogP contribution in [-0.2, 0) is 6.42 Å². The second-order valence-electron chi connectivity index (χ2n) is 4.78. The number of Topliss-reactive ketones (excluding diaryl/α,β-unsaturated/α-hetero) is 1. The Morgan fingerprint density at radius 1 is 1.10 bits per heavy atom. The van der Waals surface area contributed by atoms with Gasteiger partial charge in [-0.3, -0.25) is 4.79 Å². The highest BCUT2D eigenvalue weighted by Gasteiger charge is 2.24. The Bertz CT molecular complexity index is 687. The van der Waals surface area contributed by atoms with Crippen molar-refractivity contribution >= 4 is 17.5 Å². The van der Waals surface area contributed by atoms with Crippen LogP contribution < -0.4 is 4.74 Å². The first kappa shape index (κ1) is 14.0. The molecule has 0 N–H and O–H groups in total. The number of hydrogen-bond donors (Lipinski definition) is 0. The average Bonchev–Trinajstić information content (AvgIpc) is 2.84. The lowest BCUT2D eigenvalue weighted by molar-refractivity contribution is 0.104. The van der Waals surface area contributed by atoms with Crippen LogP contribution in [0.1, 0.15) is 22.8 Å². The first-order valence-corrected chi connectivity index (χ1v) is 7.83. The molecule has 0 saturated heterocycles. The van der Waals surface area contributed by atoms with E-state index in [1.54, 1.807) is 11.8 Å². The van der Waals surface area contributed by atoms with Gasteiger partial charge in [-0.05, 0) is 43.2 Å². The molecular formula is C18H16O2S. The first-order chi connectivity index (χ1) is 10.3. The summed E-state index contributed by atoms with van der Waals surface area (Å²) in [6.45, 7) is 2.64. The molecule has 2 aromatic rings. The lowest BCUT2D eigenvalue weighted by atomic mass is 10.1. The van der Waals surface area contributed by atoms with Gasteiger partial charge in [-0.25, -0.2) is 0 Å². The Kier molecular flexibility index (Phi) is 4.11. The van der Waals surface area contributed by atoms with Gasteiger partial charge in [0.15, 0.2) is 0 Å². The normalized spacial score (nSPS) is 15.3. The zero-order valence-corrected chi connectivity index (χ0v) is 12.7. The van der Waals surface area contributed by atoms with Crippen LogP contribution in [0.25, 0.3) is 0 Å². The third-order valence-electron chi connectivity index (χ3n) is 3.33. The predicted molar refractivity (Wildman–Crippen MR) is 86.0 cm³/mol. The van der Waals surface area contributed by atoms with Crippen LogP contribution in [0, 0.1) is 0 Å². The van der Waals surface area contributed by atoms with Gasteiger partial charge in [-0.1, -0.05) is 42.1 Å². The van der Waals surface area contributed by atoms with Crippen molar-refractivity contribution in [1.29, 1.82) is 0 Å². The fraction of sp³-hybridized carbons (Fsp3) is 0.167. The van der Waals surface area contributed by atoms with Crippen molar-refractivity contribution in [2.24, 2.45) is 0 Å². The highest BCUT2D eigenvalue weighted by Crippen LogP contribution is 2.39. The molecule has 1 heterocycles. The van der Waals surface area contributed by atoms with Gasteiger partial charge in [0.25, 0.3) is 0 Å². The SMILES string of the molecule is CCOc1ccc(C/C=C2/Sc3ccccc3C2=O)cc1. The van der Waals surface area contributed by atoms with Crippen LogP contribution in [0.3, 0.4) is 0 Å². The summed E-state index contributed by atoms with van der Waals surface area (Å²) in [5, 5.41) is 0. The summed E-state index contributed by atoms with van der Waals surface area (Å²) in [6, 6.07) is 15.8. The highest BCUT2D eigenvalue weighted by atomic mass is 32.2. The molecular weight excluding hydrogens is 280 g/mol. The Morgan fingerprint density at radius 3 is 2.57 bits per heavy atom. The lowest BCUT2D eigenvalue weighted by Gasteiger charge is -2.03. The van der Waals surface area contributed by atoms with E-state index in [1.165, 1.54) is 5.56 Å². The predicted octanol–water partition coefficient (Wildman–Crippen LogP) is 4.50. The summed E-state index contributed by atoms with van der Waals surface area (Å²) in [5.74, 6) is 1.02. The molecule has 1 aliphatic heterocycles. The zero-order valence-electron chi connectivity index (χ0n) is 11.8. The number of ether oxygens (including phenoxy) is 1. The number of rotatable bonds is 4. The van der Waals surface area contributed by atoms with E-state index in [1.807, 2.05) is 61.5 Å². The summed E-state index contributed by atoms with van der Waals surface area (Å²) < 4.78 is 5.42. The van der Waals surface area contributed by atoms with E-state index in [-0.39, 0.29) is 5.78 Å². The number of hydrogen-bond acceptors (Lipinski definition) is 3. The quantitative estimate of drug-likeness (QED) is 0.777. The molecule has 0 fully saturated rings. The second-order valence-corrected chi connectivity index (χ2v) is 5.86. The molecule has 21 heavy (non-hydrogen) atoms. The largest absolute Gasteiger partial charge is 0.494 e. The topological polar surface area (TPSA) is 26.3 Å². The van der Waals surface area contributed by atoms with Crippen molar-refractivity contribution in [1.82, 2.24) is 0 Å². The molecule has 0 radical (unpaired) electrons. The highest BCUT2D eigenvalue weighted by molar-refractivity contribution is 8.04.